The summed E-state index contributed by atoms with van der Waals surface area (Å²) in [6.07, 6.45) is -0.382. The third-order valence-electron chi connectivity index (χ3n) is 1.52. The second kappa shape index (κ2) is 6.97. The van der Waals surface area contributed by atoms with E-state index in [0.29, 0.717) is 0 Å². The van der Waals surface area contributed by atoms with Gasteiger partial charge in [-0.15, -0.1) is 0 Å². The van der Waals surface area contributed by atoms with Crippen molar-refractivity contribution in [3.8, 4) is 11.8 Å². The molecule has 76 valence electrons. The van der Waals surface area contributed by atoms with Crippen molar-refractivity contribution in [1.29, 1.82) is 5.26 Å². The van der Waals surface area contributed by atoms with Crippen molar-refractivity contribution >= 4 is 0 Å². The van der Waals surface area contributed by atoms with E-state index in [1.165, 1.54) is 5.56 Å². The first-order valence-electron chi connectivity index (χ1n) is 4.85. The van der Waals surface area contributed by atoms with E-state index >= 15 is 0 Å². The summed E-state index contributed by atoms with van der Waals surface area (Å²) in [7, 11) is 0. The Bertz CT molecular complexity index is 284. The molecule has 0 amide bonds. The van der Waals surface area contributed by atoms with Gasteiger partial charge in [-0.2, -0.15) is 5.26 Å². The average molecular weight is 191 g/mol. The molecule has 0 saturated carbocycles. The monoisotopic (exact) mass is 191 g/mol. The van der Waals surface area contributed by atoms with Crippen LogP contribution in [0.1, 0.15) is 26.3 Å². The summed E-state index contributed by atoms with van der Waals surface area (Å²) in [5.74, 6) is 0.745. The highest BCUT2D eigenvalue weighted by Gasteiger charge is 1.99. The van der Waals surface area contributed by atoms with E-state index in [2.05, 4.69) is 0 Å². The molecule has 1 rings (SSSR count). The van der Waals surface area contributed by atoms with Crippen LogP contribution in [-0.4, -0.2) is 6.10 Å². The van der Waals surface area contributed by atoms with Crippen molar-refractivity contribution in [2.24, 2.45) is 0 Å². The molecule has 0 aliphatic heterocycles. The maximum absolute atomic E-state index is 8.48. The number of nitrogens with zero attached hydrogens (tertiary/aromatic N) is 1. The summed E-state index contributed by atoms with van der Waals surface area (Å²) in [5.41, 5.74) is 1.19. The molecule has 0 N–H and O–H groups in total. The molecule has 0 radical (unpaired) electrons. The molecule has 1 aromatic carbocycles. The number of aryl methyl sites for hydroxylation is 1. The Hall–Kier alpha value is -1.49. The van der Waals surface area contributed by atoms with Crippen LogP contribution >= 0.6 is 0 Å². The number of hydrogen-bond acceptors (Lipinski definition) is 2. The molecule has 0 spiro atoms. The van der Waals surface area contributed by atoms with Gasteiger partial charge in [-0.05, 0) is 26.0 Å². The van der Waals surface area contributed by atoms with Gasteiger partial charge in [0.2, 0.25) is 0 Å². The lowest BCUT2D eigenvalue weighted by atomic mass is 10.2. The highest BCUT2D eigenvalue weighted by molar-refractivity contribution is 5.26. The molecular formula is C12H17NO. The van der Waals surface area contributed by atoms with Crippen molar-refractivity contribution in [1.82, 2.24) is 0 Å². The number of nitriles is 1. The number of rotatable bonds is 2. The maximum atomic E-state index is 8.48. The fourth-order valence-electron chi connectivity index (χ4n) is 0.847. The van der Waals surface area contributed by atoms with Crippen molar-refractivity contribution < 1.29 is 4.74 Å². The SMILES string of the molecule is CC.Cc1ccc(OC(C)C#N)cc1. The van der Waals surface area contributed by atoms with Crippen LogP contribution < -0.4 is 4.74 Å². The molecule has 0 bridgehead atoms. The second-order valence-corrected chi connectivity index (χ2v) is 2.70. The van der Waals surface area contributed by atoms with Crippen molar-refractivity contribution in [2.75, 3.05) is 0 Å². The fourth-order valence-corrected chi connectivity index (χ4v) is 0.847. The first-order valence-corrected chi connectivity index (χ1v) is 4.85. The molecular weight excluding hydrogens is 174 g/mol. The Kier molecular flexibility index (Phi) is 6.22. The Morgan fingerprint density at radius 1 is 1.21 bits per heavy atom. The summed E-state index contributed by atoms with van der Waals surface area (Å²) in [4.78, 5) is 0. The summed E-state index contributed by atoms with van der Waals surface area (Å²) >= 11 is 0. The Morgan fingerprint density at radius 2 is 1.71 bits per heavy atom. The lowest BCUT2D eigenvalue weighted by Gasteiger charge is -2.06. The average Bonchev–Trinajstić information content (AvgIpc) is 2.24. The van der Waals surface area contributed by atoms with E-state index in [4.69, 9.17) is 10.00 Å². The van der Waals surface area contributed by atoms with Gasteiger partial charge in [-0.3, -0.25) is 0 Å². The fraction of sp³-hybridized carbons (Fsp3) is 0.417. The molecule has 0 fully saturated rings. The molecule has 0 heterocycles. The van der Waals surface area contributed by atoms with Gasteiger partial charge in [-0.1, -0.05) is 31.5 Å². The third kappa shape index (κ3) is 4.51. The molecule has 0 aromatic heterocycles. The van der Waals surface area contributed by atoms with Crippen LogP contribution in [0.5, 0.6) is 5.75 Å². The van der Waals surface area contributed by atoms with Crippen LogP contribution in [-0.2, 0) is 0 Å². The standard InChI is InChI=1S/C10H11NO.C2H6/c1-8-3-5-10(6-4-8)12-9(2)7-11;1-2/h3-6,9H,1-2H3;1-2H3. The van der Waals surface area contributed by atoms with Crippen LogP contribution in [0.2, 0.25) is 0 Å². The van der Waals surface area contributed by atoms with Crippen LogP contribution in [0.25, 0.3) is 0 Å². The Labute approximate surface area is 86.1 Å². The normalized spacial score (nSPS) is 10.5. The number of benzene rings is 1. The molecule has 14 heavy (non-hydrogen) atoms. The molecule has 2 nitrogen and oxygen atoms in total. The van der Waals surface area contributed by atoms with Gasteiger partial charge in [0.05, 0.1) is 0 Å². The van der Waals surface area contributed by atoms with Crippen LogP contribution in [0.4, 0.5) is 0 Å². The van der Waals surface area contributed by atoms with E-state index in [1.54, 1.807) is 6.92 Å². The molecule has 0 aliphatic carbocycles. The van der Waals surface area contributed by atoms with E-state index in [0.717, 1.165) is 5.75 Å². The van der Waals surface area contributed by atoms with Crippen molar-refractivity contribution in [3.63, 3.8) is 0 Å². The predicted octanol–water partition coefficient (Wildman–Crippen LogP) is 3.31. The van der Waals surface area contributed by atoms with E-state index < -0.39 is 0 Å². The van der Waals surface area contributed by atoms with Gasteiger partial charge in [0.1, 0.15) is 11.8 Å². The number of hydrogen-bond donors (Lipinski definition) is 0. The highest BCUT2D eigenvalue weighted by Crippen LogP contribution is 2.12. The van der Waals surface area contributed by atoms with Crippen LogP contribution in [0.3, 0.4) is 0 Å². The molecule has 0 saturated heterocycles. The molecule has 1 aromatic rings. The van der Waals surface area contributed by atoms with Gasteiger partial charge < -0.3 is 4.74 Å². The van der Waals surface area contributed by atoms with E-state index in [-0.39, 0.29) is 6.10 Å². The Morgan fingerprint density at radius 3 is 2.14 bits per heavy atom. The zero-order valence-corrected chi connectivity index (χ0v) is 9.24. The van der Waals surface area contributed by atoms with Gasteiger partial charge in [0.25, 0.3) is 0 Å². The quantitative estimate of drug-likeness (QED) is 0.718. The maximum Gasteiger partial charge on any atom is 0.181 e. The lowest BCUT2D eigenvalue weighted by Crippen LogP contribution is -2.07. The van der Waals surface area contributed by atoms with Crippen molar-refractivity contribution in [2.45, 2.75) is 33.8 Å². The number of ether oxygens (including phenoxy) is 1. The molecule has 2 heteroatoms. The van der Waals surface area contributed by atoms with Gasteiger partial charge in [0, 0.05) is 0 Å². The third-order valence-corrected chi connectivity index (χ3v) is 1.52. The molecule has 0 aliphatic rings. The van der Waals surface area contributed by atoms with Gasteiger partial charge >= 0.3 is 0 Å². The summed E-state index contributed by atoms with van der Waals surface area (Å²) in [5, 5.41) is 8.48. The first-order chi connectivity index (χ1) is 6.72. The van der Waals surface area contributed by atoms with E-state index in [1.807, 2.05) is 51.1 Å². The minimum atomic E-state index is -0.382. The van der Waals surface area contributed by atoms with Crippen LogP contribution in [0.15, 0.2) is 24.3 Å². The topological polar surface area (TPSA) is 33.0 Å². The smallest absolute Gasteiger partial charge is 0.181 e. The summed E-state index contributed by atoms with van der Waals surface area (Å²) in [6.45, 7) is 7.73. The Balaban J connectivity index is 0.000000791. The van der Waals surface area contributed by atoms with Crippen molar-refractivity contribution in [3.05, 3.63) is 29.8 Å². The van der Waals surface area contributed by atoms with E-state index in [9.17, 15) is 0 Å². The first kappa shape index (κ1) is 12.5. The lowest BCUT2D eigenvalue weighted by molar-refractivity contribution is 0.276. The zero-order valence-electron chi connectivity index (χ0n) is 9.24. The summed E-state index contributed by atoms with van der Waals surface area (Å²) in [6, 6.07) is 9.65. The summed E-state index contributed by atoms with van der Waals surface area (Å²) < 4.78 is 5.26. The van der Waals surface area contributed by atoms with Crippen LogP contribution in [0, 0.1) is 18.3 Å². The predicted molar refractivity (Wildman–Crippen MR) is 58.2 cm³/mol. The highest BCUT2D eigenvalue weighted by atomic mass is 16.5. The minimum Gasteiger partial charge on any atom is -0.476 e. The molecule has 1 atom stereocenters. The minimum absolute atomic E-state index is 0.382. The molecule has 1 unspecified atom stereocenters. The second-order valence-electron chi connectivity index (χ2n) is 2.70. The largest absolute Gasteiger partial charge is 0.476 e. The van der Waals surface area contributed by atoms with Gasteiger partial charge in [-0.25, -0.2) is 0 Å². The van der Waals surface area contributed by atoms with Gasteiger partial charge in [0.15, 0.2) is 6.10 Å². The zero-order chi connectivity index (χ0) is 11.0.